The van der Waals surface area contributed by atoms with E-state index in [9.17, 15) is 14.3 Å². The highest BCUT2D eigenvalue weighted by Gasteiger charge is 2.32. The van der Waals surface area contributed by atoms with Crippen molar-refractivity contribution in [1.29, 1.82) is 0 Å². The van der Waals surface area contributed by atoms with E-state index in [0.717, 1.165) is 0 Å². The summed E-state index contributed by atoms with van der Waals surface area (Å²) in [5.74, 6) is -0.0893. The standard InChI is InChI=1S/C18H18FN3O3/c1-11-9-13(7-8-14(11)19)16-20-17(25-21-16)18(3,24)10-22-12(2)5-4-6-15(22)23/h4-9,24H,10H2,1-3H3/t18-/m0/s1. The first-order valence-electron chi connectivity index (χ1n) is 7.77. The summed E-state index contributed by atoms with van der Waals surface area (Å²) < 4.78 is 20.0. The lowest BCUT2D eigenvalue weighted by molar-refractivity contribution is 0.00479. The predicted molar refractivity (Wildman–Crippen MR) is 89.4 cm³/mol. The number of nitrogens with zero attached hydrogens (tertiary/aromatic N) is 3. The van der Waals surface area contributed by atoms with E-state index in [2.05, 4.69) is 10.1 Å². The van der Waals surface area contributed by atoms with Crippen LogP contribution in [0, 0.1) is 19.7 Å². The third-order valence-electron chi connectivity index (χ3n) is 4.04. The van der Waals surface area contributed by atoms with Crippen molar-refractivity contribution >= 4 is 0 Å². The molecule has 1 atom stereocenters. The molecule has 0 saturated heterocycles. The number of rotatable bonds is 4. The Bertz CT molecular complexity index is 976. The average molecular weight is 343 g/mol. The molecule has 6 nitrogen and oxygen atoms in total. The molecule has 0 aliphatic carbocycles. The molecule has 0 unspecified atom stereocenters. The Kier molecular flexibility index (Phi) is 4.26. The predicted octanol–water partition coefficient (Wildman–Crippen LogP) is 2.56. The average Bonchev–Trinajstić information content (AvgIpc) is 3.05. The third kappa shape index (κ3) is 3.36. The fourth-order valence-electron chi connectivity index (χ4n) is 2.54. The molecule has 2 heterocycles. The molecular formula is C18H18FN3O3. The van der Waals surface area contributed by atoms with Crippen molar-refractivity contribution < 1.29 is 14.0 Å². The Morgan fingerprint density at radius 2 is 2.04 bits per heavy atom. The zero-order valence-corrected chi connectivity index (χ0v) is 14.2. The number of hydrogen-bond acceptors (Lipinski definition) is 5. The van der Waals surface area contributed by atoms with Crippen LogP contribution in [0.15, 0.2) is 45.7 Å². The fourth-order valence-corrected chi connectivity index (χ4v) is 2.54. The molecule has 0 saturated carbocycles. The van der Waals surface area contributed by atoms with Gasteiger partial charge in [-0.1, -0.05) is 11.2 Å². The summed E-state index contributed by atoms with van der Waals surface area (Å²) in [4.78, 5) is 16.2. The Morgan fingerprint density at radius 1 is 1.28 bits per heavy atom. The molecule has 0 bridgehead atoms. The number of hydrogen-bond donors (Lipinski definition) is 1. The normalized spacial score (nSPS) is 13.6. The zero-order valence-electron chi connectivity index (χ0n) is 14.2. The topological polar surface area (TPSA) is 81.2 Å². The first kappa shape index (κ1) is 17.0. The third-order valence-corrected chi connectivity index (χ3v) is 4.04. The van der Waals surface area contributed by atoms with Crippen molar-refractivity contribution in [1.82, 2.24) is 14.7 Å². The molecule has 0 fully saturated rings. The van der Waals surface area contributed by atoms with Gasteiger partial charge in [-0.25, -0.2) is 4.39 Å². The lowest BCUT2D eigenvalue weighted by atomic mass is 10.1. The summed E-state index contributed by atoms with van der Waals surface area (Å²) in [5.41, 5.74) is -0.00771. The minimum absolute atomic E-state index is 0.0142. The van der Waals surface area contributed by atoms with Gasteiger partial charge in [0, 0.05) is 17.3 Å². The largest absolute Gasteiger partial charge is 0.378 e. The van der Waals surface area contributed by atoms with Crippen LogP contribution in [0.25, 0.3) is 11.4 Å². The van der Waals surface area contributed by atoms with Crippen LogP contribution < -0.4 is 5.56 Å². The monoisotopic (exact) mass is 343 g/mol. The van der Waals surface area contributed by atoms with Crippen LogP contribution in [-0.2, 0) is 12.1 Å². The highest BCUT2D eigenvalue weighted by atomic mass is 19.1. The van der Waals surface area contributed by atoms with Crippen molar-refractivity contribution in [3.8, 4) is 11.4 Å². The van der Waals surface area contributed by atoms with Crippen LogP contribution >= 0.6 is 0 Å². The molecule has 3 rings (SSSR count). The van der Waals surface area contributed by atoms with Gasteiger partial charge in [0.2, 0.25) is 5.82 Å². The van der Waals surface area contributed by atoms with E-state index in [1.54, 1.807) is 32.0 Å². The zero-order chi connectivity index (χ0) is 18.2. The Labute approximate surface area is 143 Å². The van der Waals surface area contributed by atoms with Gasteiger partial charge < -0.3 is 14.2 Å². The molecule has 3 aromatic rings. The van der Waals surface area contributed by atoms with Gasteiger partial charge in [-0.2, -0.15) is 4.98 Å². The highest BCUT2D eigenvalue weighted by molar-refractivity contribution is 5.55. The maximum atomic E-state index is 13.4. The van der Waals surface area contributed by atoms with E-state index in [4.69, 9.17) is 4.52 Å². The van der Waals surface area contributed by atoms with Crippen LogP contribution in [0.3, 0.4) is 0 Å². The van der Waals surface area contributed by atoms with E-state index in [-0.39, 0.29) is 29.6 Å². The number of aliphatic hydroxyl groups is 1. The second kappa shape index (κ2) is 6.25. The molecule has 1 aromatic carbocycles. The lowest BCUT2D eigenvalue weighted by Crippen LogP contribution is -2.34. The number of aryl methyl sites for hydroxylation is 2. The maximum Gasteiger partial charge on any atom is 0.260 e. The second-order valence-electron chi connectivity index (χ2n) is 6.25. The van der Waals surface area contributed by atoms with Crippen molar-refractivity contribution in [2.75, 3.05) is 0 Å². The van der Waals surface area contributed by atoms with Gasteiger partial charge in [0.1, 0.15) is 5.82 Å². The highest BCUT2D eigenvalue weighted by Crippen LogP contribution is 2.25. The van der Waals surface area contributed by atoms with Gasteiger partial charge in [-0.05, 0) is 50.6 Å². The summed E-state index contributed by atoms with van der Waals surface area (Å²) >= 11 is 0. The molecule has 25 heavy (non-hydrogen) atoms. The van der Waals surface area contributed by atoms with E-state index >= 15 is 0 Å². The maximum absolute atomic E-state index is 13.4. The SMILES string of the molecule is Cc1cc(-c2noc([C@@](C)(O)Cn3c(C)cccc3=O)n2)ccc1F. The molecular weight excluding hydrogens is 325 g/mol. The summed E-state index contributed by atoms with van der Waals surface area (Å²) in [7, 11) is 0. The number of benzene rings is 1. The molecule has 0 spiro atoms. The van der Waals surface area contributed by atoms with E-state index < -0.39 is 5.60 Å². The van der Waals surface area contributed by atoms with E-state index in [1.165, 1.54) is 29.7 Å². The Balaban J connectivity index is 1.92. The van der Waals surface area contributed by atoms with Crippen molar-refractivity contribution in [2.45, 2.75) is 32.9 Å². The molecule has 0 aliphatic heterocycles. The molecule has 1 N–H and O–H groups in total. The van der Waals surface area contributed by atoms with Crippen molar-refractivity contribution in [3.63, 3.8) is 0 Å². The van der Waals surface area contributed by atoms with Crippen LogP contribution in [0.4, 0.5) is 4.39 Å². The van der Waals surface area contributed by atoms with Gasteiger partial charge >= 0.3 is 0 Å². The number of aromatic nitrogens is 3. The van der Waals surface area contributed by atoms with Gasteiger partial charge in [0.05, 0.1) is 6.54 Å². The summed E-state index contributed by atoms with van der Waals surface area (Å²) in [5, 5.41) is 14.6. The quantitative estimate of drug-likeness (QED) is 0.787. The van der Waals surface area contributed by atoms with Gasteiger partial charge in [0.25, 0.3) is 11.4 Å². The smallest absolute Gasteiger partial charge is 0.260 e. The van der Waals surface area contributed by atoms with Crippen molar-refractivity contribution in [3.05, 3.63) is 69.7 Å². The first-order valence-corrected chi connectivity index (χ1v) is 7.77. The molecule has 130 valence electrons. The number of pyridine rings is 1. The van der Waals surface area contributed by atoms with Gasteiger partial charge in [-0.3, -0.25) is 4.79 Å². The van der Waals surface area contributed by atoms with Crippen LogP contribution in [-0.4, -0.2) is 19.8 Å². The summed E-state index contributed by atoms with van der Waals surface area (Å²) in [6.07, 6.45) is 0. The Hall–Kier alpha value is -2.80. The molecule has 0 radical (unpaired) electrons. The van der Waals surface area contributed by atoms with Crippen LogP contribution in [0.1, 0.15) is 24.1 Å². The van der Waals surface area contributed by atoms with Crippen LogP contribution in [0.2, 0.25) is 0 Å². The lowest BCUT2D eigenvalue weighted by Gasteiger charge is -2.21. The summed E-state index contributed by atoms with van der Waals surface area (Å²) in [6.45, 7) is 4.89. The molecule has 0 amide bonds. The first-order chi connectivity index (χ1) is 11.8. The van der Waals surface area contributed by atoms with E-state index in [1.807, 2.05) is 0 Å². The molecule has 0 aliphatic rings. The van der Waals surface area contributed by atoms with Gasteiger partial charge in [0.15, 0.2) is 5.60 Å². The van der Waals surface area contributed by atoms with Crippen LogP contribution in [0.5, 0.6) is 0 Å². The fraction of sp³-hybridized carbons (Fsp3) is 0.278. The van der Waals surface area contributed by atoms with Crippen molar-refractivity contribution in [2.24, 2.45) is 0 Å². The minimum Gasteiger partial charge on any atom is -0.378 e. The van der Waals surface area contributed by atoms with E-state index in [0.29, 0.717) is 16.8 Å². The summed E-state index contributed by atoms with van der Waals surface area (Å²) in [6, 6.07) is 9.32. The Morgan fingerprint density at radius 3 is 2.72 bits per heavy atom. The molecule has 2 aromatic heterocycles. The molecule has 7 heteroatoms. The minimum atomic E-state index is -1.53. The second-order valence-corrected chi connectivity index (χ2v) is 6.25. The number of halogens is 1. The van der Waals surface area contributed by atoms with Gasteiger partial charge in [-0.15, -0.1) is 0 Å².